The number of amides is 2. The van der Waals surface area contributed by atoms with Gasteiger partial charge in [0.1, 0.15) is 22.7 Å². The molecule has 1 N–H and O–H groups in total. The Bertz CT molecular complexity index is 1450. The summed E-state index contributed by atoms with van der Waals surface area (Å²) in [6.45, 7) is 2.97. The number of nitrogens with zero attached hydrogens (tertiary/aromatic N) is 2. The van der Waals surface area contributed by atoms with E-state index in [1.54, 1.807) is 19.1 Å². The van der Waals surface area contributed by atoms with Gasteiger partial charge in [-0.2, -0.15) is 0 Å². The number of hydrogen-bond donors (Lipinski definition) is 1. The first-order valence-electron chi connectivity index (χ1n) is 12.4. The van der Waals surface area contributed by atoms with Crippen molar-refractivity contribution in [3.05, 3.63) is 95.7 Å². The second kappa shape index (κ2) is 10.0. The van der Waals surface area contributed by atoms with Crippen LogP contribution in [0.3, 0.4) is 0 Å². The highest BCUT2D eigenvalue weighted by atomic mass is 16.5. The molecule has 2 amide bonds. The van der Waals surface area contributed by atoms with Gasteiger partial charge in [0.15, 0.2) is 0 Å². The number of nitrogens with one attached hydrogen (secondary N) is 1. The van der Waals surface area contributed by atoms with Crippen LogP contribution in [-0.2, 0) is 24.3 Å². The van der Waals surface area contributed by atoms with E-state index in [9.17, 15) is 9.59 Å². The van der Waals surface area contributed by atoms with E-state index in [1.807, 2.05) is 90.4 Å². The van der Waals surface area contributed by atoms with Gasteiger partial charge in [-0.15, -0.1) is 0 Å². The van der Waals surface area contributed by atoms with Gasteiger partial charge in [0.25, 0.3) is 5.91 Å². The molecule has 190 valence electrons. The number of rotatable bonds is 8. The SMILES string of the molecule is COc1ccc(CCN2C(=O)c3cc4ccccc4n3CC2(C)C(=O)NCc2ccccc2)c(OC)c1. The molecule has 0 radical (unpaired) electrons. The van der Waals surface area contributed by atoms with Gasteiger partial charge in [0.2, 0.25) is 5.91 Å². The van der Waals surface area contributed by atoms with Gasteiger partial charge in [-0.25, -0.2) is 0 Å². The topological polar surface area (TPSA) is 72.8 Å². The number of ether oxygens (including phenoxy) is 2. The average molecular weight is 498 g/mol. The van der Waals surface area contributed by atoms with Crippen LogP contribution < -0.4 is 14.8 Å². The minimum atomic E-state index is -1.08. The molecule has 1 atom stereocenters. The minimum Gasteiger partial charge on any atom is -0.497 e. The minimum absolute atomic E-state index is 0.160. The highest BCUT2D eigenvalue weighted by Gasteiger charge is 2.47. The second-order valence-corrected chi connectivity index (χ2v) is 9.50. The van der Waals surface area contributed by atoms with Gasteiger partial charge in [0.05, 0.1) is 20.8 Å². The van der Waals surface area contributed by atoms with Crippen molar-refractivity contribution in [3.8, 4) is 11.5 Å². The van der Waals surface area contributed by atoms with Crippen LogP contribution in [0.25, 0.3) is 10.9 Å². The molecule has 0 spiro atoms. The Hall–Kier alpha value is -4.26. The fourth-order valence-corrected chi connectivity index (χ4v) is 5.12. The Morgan fingerprint density at radius 3 is 2.49 bits per heavy atom. The lowest BCUT2D eigenvalue weighted by Gasteiger charge is -2.44. The van der Waals surface area contributed by atoms with Crippen LogP contribution in [0.1, 0.15) is 28.5 Å². The number of fused-ring (bicyclic) bond motifs is 3. The van der Waals surface area contributed by atoms with Gasteiger partial charge >= 0.3 is 0 Å². The number of para-hydroxylation sites is 1. The third-order valence-corrected chi connectivity index (χ3v) is 7.22. The van der Waals surface area contributed by atoms with E-state index in [4.69, 9.17) is 9.47 Å². The first kappa shape index (κ1) is 24.4. The summed E-state index contributed by atoms with van der Waals surface area (Å²) in [5.41, 5.74) is 2.40. The molecule has 1 aromatic heterocycles. The highest BCUT2D eigenvalue weighted by Crippen LogP contribution is 2.33. The van der Waals surface area contributed by atoms with Crippen molar-refractivity contribution in [2.75, 3.05) is 20.8 Å². The quantitative estimate of drug-likeness (QED) is 0.391. The van der Waals surface area contributed by atoms with Crippen LogP contribution >= 0.6 is 0 Å². The van der Waals surface area contributed by atoms with Crippen molar-refractivity contribution in [1.82, 2.24) is 14.8 Å². The lowest BCUT2D eigenvalue weighted by Crippen LogP contribution is -2.64. The van der Waals surface area contributed by atoms with Crippen molar-refractivity contribution < 1.29 is 19.1 Å². The summed E-state index contributed by atoms with van der Waals surface area (Å²) in [4.78, 5) is 29.4. The molecule has 7 nitrogen and oxygen atoms in total. The van der Waals surface area contributed by atoms with E-state index in [1.165, 1.54) is 0 Å². The first-order chi connectivity index (χ1) is 17.9. The molecule has 1 unspecified atom stereocenters. The van der Waals surface area contributed by atoms with E-state index in [-0.39, 0.29) is 11.8 Å². The Kier molecular flexibility index (Phi) is 6.61. The first-order valence-corrected chi connectivity index (χ1v) is 12.4. The smallest absolute Gasteiger partial charge is 0.271 e. The number of benzene rings is 3. The highest BCUT2D eigenvalue weighted by molar-refractivity contribution is 6.03. The Balaban J connectivity index is 1.48. The fraction of sp³-hybridized carbons (Fsp3) is 0.267. The molecule has 37 heavy (non-hydrogen) atoms. The number of carbonyl (C=O) groups excluding carboxylic acids is 2. The maximum absolute atomic E-state index is 13.9. The van der Waals surface area contributed by atoms with Gasteiger partial charge in [0, 0.05) is 30.1 Å². The zero-order chi connectivity index (χ0) is 26.0. The predicted octanol–water partition coefficient (Wildman–Crippen LogP) is 4.43. The number of aromatic nitrogens is 1. The average Bonchev–Trinajstić information content (AvgIpc) is 3.30. The molecule has 7 heteroatoms. The van der Waals surface area contributed by atoms with Crippen LogP contribution in [-0.4, -0.2) is 47.6 Å². The van der Waals surface area contributed by atoms with Crippen LogP contribution in [0.4, 0.5) is 0 Å². The lowest BCUT2D eigenvalue weighted by atomic mass is 9.93. The summed E-state index contributed by atoms with van der Waals surface area (Å²) < 4.78 is 12.9. The van der Waals surface area contributed by atoms with Crippen molar-refractivity contribution in [3.63, 3.8) is 0 Å². The number of methoxy groups -OCH3 is 2. The van der Waals surface area contributed by atoms with Crippen LogP contribution in [0.5, 0.6) is 11.5 Å². The third-order valence-electron chi connectivity index (χ3n) is 7.22. The largest absolute Gasteiger partial charge is 0.497 e. The monoisotopic (exact) mass is 497 g/mol. The van der Waals surface area contributed by atoms with Crippen LogP contribution in [0.2, 0.25) is 0 Å². The molecular formula is C30H31N3O4. The third kappa shape index (κ3) is 4.53. The number of hydrogen-bond acceptors (Lipinski definition) is 4. The molecule has 3 aromatic carbocycles. The molecule has 1 aliphatic heterocycles. The summed E-state index contributed by atoms with van der Waals surface area (Å²) in [5, 5.41) is 4.06. The summed E-state index contributed by atoms with van der Waals surface area (Å²) in [6.07, 6.45) is 0.528. The standard InChI is InChI=1S/C30H31N3O4/c1-30(29(35)31-19-21-9-5-4-6-10-21)20-32-25-12-8-7-11-23(25)17-26(32)28(34)33(30)16-15-22-13-14-24(36-2)18-27(22)37-3/h4-14,17-18H,15-16,19-20H2,1-3H3,(H,31,35). The van der Waals surface area contributed by atoms with Crippen molar-refractivity contribution in [2.24, 2.45) is 0 Å². The molecule has 0 bridgehead atoms. The van der Waals surface area contributed by atoms with Gasteiger partial charge in [-0.1, -0.05) is 54.6 Å². The second-order valence-electron chi connectivity index (χ2n) is 9.50. The van der Waals surface area contributed by atoms with Crippen molar-refractivity contribution in [2.45, 2.75) is 32.0 Å². The molecular weight excluding hydrogens is 466 g/mol. The molecule has 0 fully saturated rings. The molecule has 5 rings (SSSR count). The summed E-state index contributed by atoms with van der Waals surface area (Å²) in [6, 6.07) is 25.2. The van der Waals surface area contributed by atoms with Crippen molar-refractivity contribution >= 4 is 22.7 Å². The molecule has 0 aliphatic carbocycles. The van der Waals surface area contributed by atoms with E-state index in [0.29, 0.717) is 43.2 Å². The fourth-order valence-electron chi connectivity index (χ4n) is 5.12. The summed E-state index contributed by atoms with van der Waals surface area (Å²) in [7, 11) is 3.23. The van der Waals surface area contributed by atoms with E-state index < -0.39 is 5.54 Å². The van der Waals surface area contributed by atoms with E-state index in [0.717, 1.165) is 22.0 Å². The lowest BCUT2D eigenvalue weighted by molar-refractivity contribution is -0.133. The van der Waals surface area contributed by atoms with Gasteiger partial charge in [-0.3, -0.25) is 9.59 Å². The molecule has 2 heterocycles. The summed E-state index contributed by atoms with van der Waals surface area (Å²) >= 11 is 0. The van der Waals surface area contributed by atoms with Crippen LogP contribution in [0, 0.1) is 0 Å². The zero-order valence-electron chi connectivity index (χ0n) is 21.4. The zero-order valence-corrected chi connectivity index (χ0v) is 21.4. The number of carbonyl (C=O) groups is 2. The maximum atomic E-state index is 13.9. The van der Waals surface area contributed by atoms with E-state index >= 15 is 0 Å². The molecule has 0 saturated heterocycles. The van der Waals surface area contributed by atoms with Crippen molar-refractivity contribution in [1.29, 1.82) is 0 Å². The Morgan fingerprint density at radius 2 is 1.73 bits per heavy atom. The van der Waals surface area contributed by atoms with E-state index in [2.05, 4.69) is 5.32 Å². The van der Waals surface area contributed by atoms with Crippen LogP contribution in [0.15, 0.2) is 78.9 Å². The maximum Gasteiger partial charge on any atom is 0.271 e. The molecule has 4 aromatic rings. The predicted molar refractivity (Wildman–Crippen MR) is 143 cm³/mol. The Labute approximate surface area is 216 Å². The van der Waals surface area contributed by atoms with Gasteiger partial charge < -0.3 is 24.3 Å². The molecule has 0 saturated carbocycles. The summed E-state index contributed by atoms with van der Waals surface area (Å²) in [5.74, 6) is 1.04. The van der Waals surface area contributed by atoms with Gasteiger partial charge in [-0.05, 0) is 42.7 Å². The normalized spacial score (nSPS) is 16.9. The molecule has 1 aliphatic rings. The Morgan fingerprint density at radius 1 is 0.973 bits per heavy atom.